The number of amides is 2. The highest BCUT2D eigenvalue weighted by molar-refractivity contribution is 5.74. The normalized spacial score (nSPS) is 11.6. The first kappa shape index (κ1) is 18.4. The van der Waals surface area contributed by atoms with Crippen LogP contribution in [0, 0.1) is 6.92 Å². The van der Waals surface area contributed by atoms with E-state index in [1.54, 1.807) is 6.20 Å². The Morgan fingerprint density at radius 3 is 2.60 bits per heavy atom. The molecule has 0 saturated carbocycles. The highest BCUT2D eigenvalue weighted by atomic mass is 16.4. The lowest BCUT2D eigenvalue weighted by Crippen LogP contribution is -2.43. The molecule has 0 bridgehead atoms. The molecule has 6 heteroatoms. The lowest BCUT2D eigenvalue weighted by atomic mass is 10.0. The molecule has 2 rings (SSSR count). The number of hydrogen-bond donors (Lipinski definition) is 3. The molecule has 25 heavy (non-hydrogen) atoms. The largest absolute Gasteiger partial charge is 0.481 e. The van der Waals surface area contributed by atoms with Crippen molar-refractivity contribution in [1.29, 1.82) is 0 Å². The van der Waals surface area contributed by atoms with Crippen molar-refractivity contribution in [2.24, 2.45) is 0 Å². The van der Waals surface area contributed by atoms with E-state index in [4.69, 9.17) is 5.11 Å². The Morgan fingerprint density at radius 1 is 1.16 bits per heavy atom. The predicted octanol–water partition coefficient (Wildman–Crippen LogP) is 2.67. The summed E-state index contributed by atoms with van der Waals surface area (Å²) >= 11 is 0. The number of hydrogen-bond acceptors (Lipinski definition) is 3. The fraction of sp³-hybridized carbons (Fsp3) is 0.316. The Bertz CT molecular complexity index is 704. The van der Waals surface area contributed by atoms with Crippen LogP contribution in [0.1, 0.15) is 29.7 Å². The van der Waals surface area contributed by atoms with Gasteiger partial charge in [-0.2, -0.15) is 0 Å². The van der Waals surface area contributed by atoms with E-state index in [0.717, 1.165) is 16.8 Å². The summed E-state index contributed by atoms with van der Waals surface area (Å²) < 4.78 is 0. The molecule has 3 N–H and O–H groups in total. The summed E-state index contributed by atoms with van der Waals surface area (Å²) in [4.78, 5) is 27.1. The zero-order chi connectivity index (χ0) is 18.1. The zero-order valence-corrected chi connectivity index (χ0v) is 14.2. The van der Waals surface area contributed by atoms with Crippen LogP contribution in [-0.2, 0) is 17.8 Å². The van der Waals surface area contributed by atoms with Crippen molar-refractivity contribution >= 4 is 12.0 Å². The van der Waals surface area contributed by atoms with E-state index in [0.29, 0.717) is 19.4 Å². The van der Waals surface area contributed by atoms with Crippen LogP contribution in [0.5, 0.6) is 0 Å². The molecule has 0 aliphatic rings. The predicted molar refractivity (Wildman–Crippen MR) is 95.1 cm³/mol. The molecule has 132 valence electrons. The van der Waals surface area contributed by atoms with Gasteiger partial charge in [-0.15, -0.1) is 0 Å². The Balaban J connectivity index is 1.90. The van der Waals surface area contributed by atoms with Gasteiger partial charge in [0.1, 0.15) is 0 Å². The summed E-state index contributed by atoms with van der Waals surface area (Å²) in [6, 6.07) is 12.9. The average Bonchev–Trinajstić information content (AvgIpc) is 2.59. The lowest BCUT2D eigenvalue weighted by Gasteiger charge is -2.19. The number of rotatable bonds is 8. The Hall–Kier alpha value is -2.89. The summed E-state index contributed by atoms with van der Waals surface area (Å²) in [6.07, 6.45) is 2.69. The molecule has 0 fully saturated rings. The van der Waals surface area contributed by atoms with Crippen LogP contribution < -0.4 is 10.6 Å². The molecule has 1 heterocycles. The summed E-state index contributed by atoms with van der Waals surface area (Å²) in [5.74, 6) is -0.868. The van der Waals surface area contributed by atoms with Crippen LogP contribution in [0.4, 0.5) is 4.79 Å². The van der Waals surface area contributed by atoms with E-state index in [1.165, 1.54) is 0 Å². The van der Waals surface area contributed by atoms with Crippen LogP contribution in [-0.4, -0.2) is 28.1 Å². The van der Waals surface area contributed by atoms with Crippen LogP contribution in [0.15, 0.2) is 48.7 Å². The number of pyridine rings is 1. The van der Waals surface area contributed by atoms with Gasteiger partial charge in [0.15, 0.2) is 0 Å². The van der Waals surface area contributed by atoms with Gasteiger partial charge in [-0.3, -0.25) is 9.78 Å². The SMILES string of the molecule is Cc1cc(CNC(=O)NC(CCC(=O)O)Cc2ccccc2)ccn1. The number of aromatic nitrogens is 1. The first-order valence-electron chi connectivity index (χ1n) is 8.24. The molecule has 2 amide bonds. The van der Waals surface area contributed by atoms with Crippen LogP contribution in [0.2, 0.25) is 0 Å². The number of carboxylic acid groups (broad SMARTS) is 1. The topological polar surface area (TPSA) is 91.3 Å². The van der Waals surface area contributed by atoms with Gasteiger partial charge in [0.05, 0.1) is 0 Å². The minimum atomic E-state index is -0.868. The third-order valence-corrected chi connectivity index (χ3v) is 3.78. The number of urea groups is 1. The van der Waals surface area contributed by atoms with Gasteiger partial charge in [-0.1, -0.05) is 30.3 Å². The zero-order valence-electron chi connectivity index (χ0n) is 14.2. The van der Waals surface area contributed by atoms with E-state index in [2.05, 4.69) is 15.6 Å². The van der Waals surface area contributed by atoms with E-state index in [1.807, 2.05) is 49.4 Å². The molecule has 2 aromatic rings. The summed E-state index contributed by atoms with van der Waals surface area (Å²) in [5, 5.41) is 14.6. The van der Waals surface area contributed by atoms with E-state index in [-0.39, 0.29) is 18.5 Å². The van der Waals surface area contributed by atoms with Crippen molar-refractivity contribution in [3.05, 3.63) is 65.5 Å². The number of nitrogens with one attached hydrogen (secondary N) is 2. The molecule has 6 nitrogen and oxygen atoms in total. The number of benzene rings is 1. The monoisotopic (exact) mass is 341 g/mol. The molecular weight excluding hydrogens is 318 g/mol. The van der Waals surface area contributed by atoms with Crippen molar-refractivity contribution < 1.29 is 14.7 Å². The molecule has 0 saturated heterocycles. The van der Waals surface area contributed by atoms with Gasteiger partial charge in [-0.05, 0) is 43.0 Å². The van der Waals surface area contributed by atoms with Crippen molar-refractivity contribution in [2.75, 3.05) is 0 Å². The second kappa shape index (κ2) is 9.42. The molecule has 1 aromatic heterocycles. The standard InChI is InChI=1S/C19H23N3O3/c1-14-11-16(9-10-20-14)13-21-19(25)22-17(7-8-18(23)24)12-15-5-3-2-4-6-15/h2-6,9-11,17H,7-8,12-13H2,1H3,(H,23,24)(H2,21,22,25). The maximum absolute atomic E-state index is 12.2. The van der Waals surface area contributed by atoms with E-state index < -0.39 is 5.97 Å². The summed E-state index contributed by atoms with van der Waals surface area (Å²) in [7, 11) is 0. The third kappa shape index (κ3) is 7.03. The van der Waals surface area contributed by atoms with Crippen molar-refractivity contribution in [3.63, 3.8) is 0 Å². The number of carbonyl (C=O) groups is 2. The number of carbonyl (C=O) groups excluding carboxylic acids is 1. The van der Waals surface area contributed by atoms with Gasteiger partial charge >= 0.3 is 12.0 Å². The molecular formula is C19H23N3O3. The lowest BCUT2D eigenvalue weighted by molar-refractivity contribution is -0.137. The summed E-state index contributed by atoms with van der Waals surface area (Å²) in [5.41, 5.74) is 2.92. The van der Waals surface area contributed by atoms with E-state index in [9.17, 15) is 9.59 Å². The van der Waals surface area contributed by atoms with Gasteiger partial charge in [0.25, 0.3) is 0 Å². The van der Waals surface area contributed by atoms with E-state index >= 15 is 0 Å². The highest BCUT2D eigenvalue weighted by Gasteiger charge is 2.14. The summed E-state index contributed by atoms with van der Waals surface area (Å²) in [6.45, 7) is 2.29. The van der Waals surface area contributed by atoms with Crippen LogP contribution in [0.3, 0.4) is 0 Å². The van der Waals surface area contributed by atoms with Gasteiger partial charge < -0.3 is 15.7 Å². The van der Waals surface area contributed by atoms with Crippen LogP contribution >= 0.6 is 0 Å². The first-order valence-corrected chi connectivity index (χ1v) is 8.24. The molecule has 0 radical (unpaired) electrons. The number of aryl methyl sites for hydroxylation is 1. The minimum absolute atomic E-state index is 0.0152. The fourth-order valence-electron chi connectivity index (χ4n) is 2.55. The first-order chi connectivity index (χ1) is 12.0. The van der Waals surface area contributed by atoms with Gasteiger partial charge in [0.2, 0.25) is 0 Å². The van der Waals surface area contributed by atoms with Crippen molar-refractivity contribution in [2.45, 2.75) is 38.8 Å². The molecule has 0 spiro atoms. The minimum Gasteiger partial charge on any atom is -0.481 e. The number of nitrogens with zero attached hydrogens (tertiary/aromatic N) is 1. The maximum Gasteiger partial charge on any atom is 0.315 e. The maximum atomic E-state index is 12.2. The molecule has 0 aliphatic carbocycles. The highest BCUT2D eigenvalue weighted by Crippen LogP contribution is 2.08. The second-order valence-corrected chi connectivity index (χ2v) is 5.95. The third-order valence-electron chi connectivity index (χ3n) is 3.78. The quantitative estimate of drug-likeness (QED) is 0.688. The molecule has 0 aliphatic heterocycles. The smallest absolute Gasteiger partial charge is 0.315 e. The Kier molecular flexibility index (Phi) is 6.95. The van der Waals surface area contributed by atoms with Crippen molar-refractivity contribution in [1.82, 2.24) is 15.6 Å². The van der Waals surface area contributed by atoms with Gasteiger partial charge in [0, 0.05) is 30.9 Å². The van der Waals surface area contributed by atoms with Crippen molar-refractivity contribution in [3.8, 4) is 0 Å². The molecule has 1 atom stereocenters. The Labute approximate surface area is 147 Å². The molecule has 1 aromatic carbocycles. The Morgan fingerprint density at radius 2 is 1.92 bits per heavy atom. The fourth-order valence-corrected chi connectivity index (χ4v) is 2.55. The van der Waals surface area contributed by atoms with Gasteiger partial charge in [-0.25, -0.2) is 4.79 Å². The number of aliphatic carboxylic acids is 1. The van der Waals surface area contributed by atoms with Crippen LogP contribution in [0.25, 0.3) is 0 Å². The average molecular weight is 341 g/mol. The second-order valence-electron chi connectivity index (χ2n) is 5.95. The number of carboxylic acids is 1. The molecule has 1 unspecified atom stereocenters.